The third-order valence-corrected chi connectivity index (χ3v) is 2.35. The van der Waals surface area contributed by atoms with Crippen LogP contribution in [0.5, 0.6) is 0 Å². The molecule has 2 N–H and O–H groups in total. The average molecular weight is 216 g/mol. The Labute approximate surface area is 93.3 Å². The third kappa shape index (κ3) is 1.95. The zero-order valence-corrected chi connectivity index (χ0v) is 8.90. The highest BCUT2D eigenvalue weighted by Crippen LogP contribution is 2.13. The van der Waals surface area contributed by atoms with Crippen LogP contribution < -0.4 is 5.32 Å². The van der Waals surface area contributed by atoms with Crippen LogP contribution in [0.15, 0.2) is 35.5 Å². The smallest absolute Gasteiger partial charge is 0.336 e. The predicted octanol–water partition coefficient (Wildman–Crippen LogP) is 1.56. The summed E-state index contributed by atoms with van der Waals surface area (Å²) in [5.41, 5.74) is 1.83. The number of nitrogens with one attached hydrogen (secondary N) is 1. The highest BCUT2D eigenvalue weighted by atomic mass is 16.4. The largest absolute Gasteiger partial charge is 0.478 e. The first-order valence-corrected chi connectivity index (χ1v) is 4.99. The highest BCUT2D eigenvalue weighted by molar-refractivity contribution is 6.08. The van der Waals surface area contributed by atoms with Gasteiger partial charge >= 0.3 is 5.97 Å². The molecule has 0 unspecified atom stereocenters. The number of hydrogen-bond donors (Lipinski definition) is 2. The monoisotopic (exact) mass is 216 g/mol. The van der Waals surface area contributed by atoms with Crippen LogP contribution in [0.25, 0.3) is 0 Å². The maximum Gasteiger partial charge on any atom is 0.336 e. The molecule has 0 saturated heterocycles. The first kappa shape index (κ1) is 10.4. The van der Waals surface area contributed by atoms with Crippen LogP contribution in [-0.2, 0) is 0 Å². The minimum Gasteiger partial charge on any atom is -0.478 e. The van der Waals surface area contributed by atoms with Gasteiger partial charge in [0.1, 0.15) is 5.84 Å². The van der Waals surface area contributed by atoms with Gasteiger partial charge in [0.2, 0.25) is 0 Å². The fourth-order valence-electron chi connectivity index (χ4n) is 1.58. The van der Waals surface area contributed by atoms with E-state index in [9.17, 15) is 4.79 Å². The van der Waals surface area contributed by atoms with Crippen molar-refractivity contribution in [1.82, 2.24) is 5.32 Å². The minimum absolute atomic E-state index is 0.279. The van der Waals surface area contributed by atoms with Gasteiger partial charge in [0.15, 0.2) is 0 Å². The molecule has 0 spiro atoms. The maximum atomic E-state index is 11.1. The van der Waals surface area contributed by atoms with Crippen molar-refractivity contribution in [3.05, 3.63) is 47.2 Å². The quantitative estimate of drug-likeness (QED) is 0.788. The van der Waals surface area contributed by atoms with Crippen molar-refractivity contribution >= 4 is 11.8 Å². The topological polar surface area (TPSA) is 61.7 Å². The summed E-state index contributed by atoms with van der Waals surface area (Å²) in [5, 5.41) is 12.1. The number of aryl methyl sites for hydroxylation is 1. The number of nitrogens with zero attached hydrogens (tertiary/aromatic N) is 1. The number of rotatable bonds is 2. The molecule has 0 amide bonds. The molecule has 0 radical (unpaired) electrons. The van der Waals surface area contributed by atoms with Crippen LogP contribution >= 0.6 is 0 Å². The Bertz CT molecular complexity index is 490. The van der Waals surface area contributed by atoms with E-state index >= 15 is 0 Å². The molecular weight excluding hydrogens is 204 g/mol. The number of carboxylic acid groups (broad SMARTS) is 1. The zero-order valence-electron chi connectivity index (χ0n) is 8.90. The minimum atomic E-state index is -0.933. The third-order valence-electron chi connectivity index (χ3n) is 2.35. The number of benzene rings is 1. The molecule has 0 aromatic heterocycles. The van der Waals surface area contributed by atoms with Gasteiger partial charge in [-0.25, -0.2) is 4.79 Å². The predicted molar refractivity (Wildman–Crippen MR) is 61.8 cm³/mol. The summed E-state index contributed by atoms with van der Waals surface area (Å²) in [5.74, 6) is -0.322. The van der Waals surface area contributed by atoms with Crippen molar-refractivity contribution in [2.75, 3.05) is 6.54 Å². The normalized spacial score (nSPS) is 14.2. The summed E-state index contributed by atoms with van der Waals surface area (Å²) in [6.45, 7) is 2.45. The number of carboxylic acids is 1. The molecule has 1 aliphatic heterocycles. The van der Waals surface area contributed by atoms with Crippen LogP contribution in [0.3, 0.4) is 0 Å². The van der Waals surface area contributed by atoms with Crippen LogP contribution in [0, 0.1) is 6.92 Å². The lowest BCUT2D eigenvalue weighted by molar-refractivity contribution is 0.0696. The van der Waals surface area contributed by atoms with Crippen LogP contribution in [0.2, 0.25) is 0 Å². The van der Waals surface area contributed by atoms with E-state index < -0.39 is 5.97 Å². The molecule has 2 rings (SSSR count). The number of aliphatic imine (C=N–C) groups is 1. The molecule has 1 heterocycles. The van der Waals surface area contributed by atoms with Crippen molar-refractivity contribution in [3.63, 3.8) is 0 Å². The molecule has 0 atom stereocenters. The summed E-state index contributed by atoms with van der Waals surface area (Å²) in [6, 6.07) is 5.31. The Morgan fingerprint density at radius 3 is 2.94 bits per heavy atom. The van der Waals surface area contributed by atoms with Gasteiger partial charge in [0.05, 0.1) is 12.1 Å². The Kier molecular flexibility index (Phi) is 2.72. The van der Waals surface area contributed by atoms with E-state index in [1.165, 1.54) is 0 Å². The standard InChI is InChI=1S/C12H12N2O2/c1-8-3-4-9(10(7-8)12(15)16)11-13-5-2-6-14-11/h2-5,7H,6H2,1H3,(H,13,14)(H,15,16). The van der Waals surface area contributed by atoms with E-state index in [1.54, 1.807) is 18.3 Å². The van der Waals surface area contributed by atoms with Gasteiger partial charge in [-0.1, -0.05) is 17.7 Å². The molecular formula is C12H12N2O2. The second-order valence-corrected chi connectivity index (χ2v) is 3.59. The van der Waals surface area contributed by atoms with E-state index in [4.69, 9.17) is 5.11 Å². The summed E-state index contributed by atoms with van der Waals surface area (Å²) >= 11 is 0. The average Bonchev–Trinajstić information content (AvgIpc) is 2.30. The molecule has 0 fully saturated rings. The summed E-state index contributed by atoms with van der Waals surface area (Å²) < 4.78 is 0. The molecule has 1 aromatic rings. The molecule has 1 aromatic carbocycles. The Hall–Kier alpha value is -2.10. The van der Waals surface area contributed by atoms with Crippen molar-refractivity contribution in [2.45, 2.75) is 6.92 Å². The Morgan fingerprint density at radius 1 is 1.50 bits per heavy atom. The van der Waals surface area contributed by atoms with E-state index in [0.717, 1.165) is 5.56 Å². The molecule has 16 heavy (non-hydrogen) atoms. The number of hydrogen-bond acceptors (Lipinski definition) is 3. The van der Waals surface area contributed by atoms with E-state index in [1.807, 2.05) is 19.1 Å². The van der Waals surface area contributed by atoms with Crippen molar-refractivity contribution < 1.29 is 9.90 Å². The summed E-state index contributed by atoms with van der Waals surface area (Å²) in [6.07, 6.45) is 3.64. The number of amidine groups is 1. The van der Waals surface area contributed by atoms with Crippen molar-refractivity contribution in [1.29, 1.82) is 0 Å². The highest BCUT2D eigenvalue weighted by Gasteiger charge is 2.14. The lowest BCUT2D eigenvalue weighted by Gasteiger charge is -2.12. The first-order valence-electron chi connectivity index (χ1n) is 4.99. The van der Waals surface area contributed by atoms with Crippen LogP contribution in [-0.4, -0.2) is 23.5 Å². The van der Waals surface area contributed by atoms with Gasteiger partial charge in [-0.05, 0) is 19.1 Å². The molecule has 1 aliphatic rings. The lowest BCUT2D eigenvalue weighted by Crippen LogP contribution is -2.24. The number of carbonyl (C=O) groups is 1. The van der Waals surface area contributed by atoms with Crippen LogP contribution in [0.1, 0.15) is 21.5 Å². The van der Waals surface area contributed by atoms with Gasteiger partial charge in [0.25, 0.3) is 0 Å². The van der Waals surface area contributed by atoms with Gasteiger partial charge in [-0.2, -0.15) is 0 Å². The fraction of sp³-hybridized carbons (Fsp3) is 0.167. The molecule has 4 heteroatoms. The van der Waals surface area contributed by atoms with Gasteiger partial charge in [0, 0.05) is 11.8 Å². The Balaban J connectivity index is 2.47. The van der Waals surface area contributed by atoms with E-state index in [-0.39, 0.29) is 5.56 Å². The molecule has 0 saturated carbocycles. The van der Waals surface area contributed by atoms with Crippen LogP contribution in [0.4, 0.5) is 0 Å². The second kappa shape index (κ2) is 4.18. The van der Waals surface area contributed by atoms with E-state index in [0.29, 0.717) is 17.9 Å². The molecule has 0 aliphatic carbocycles. The van der Waals surface area contributed by atoms with Gasteiger partial charge in [-0.3, -0.25) is 4.99 Å². The summed E-state index contributed by atoms with van der Waals surface area (Å²) in [4.78, 5) is 15.3. The number of aromatic carboxylic acids is 1. The van der Waals surface area contributed by atoms with Crippen molar-refractivity contribution in [3.8, 4) is 0 Å². The molecule has 4 nitrogen and oxygen atoms in total. The fourth-order valence-corrected chi connectivity index (χ4v) is 1.58. The van der Waals surface area contributed by atoms with Crippen molar-refractivity contribution in [2.24, 2.45) is 4.99 Å². The molecule has 0 bridgehead atoms. The van der Waals surface area contributed by atoms with Gasteiger partial charge in [-0.15, -0.1) is 0 Å². The maximum absolute atomic E-state index is 11.1. The second-order valence-electron chi connectivity index (χ2n) is 3.59. The first-order chi connectivity index (χ1) is 7.68. The zero-order chi connectivity index (χ0) is 11.5. The van der Waals surface area contributed by atoms with E-state index in [2.05, 4.69) is 10.3 Å². The van der Waals surface area contributed by atoms with Gasteiger partial charge < -0.3 is 10.4 Å². The molecule has 82 valence electrons. The lowest BCUT2D eigenvalue weighted by atomic mass is 10.0. The Morgan fingerprint density at radius 2 is 2.31 bits per heavy atom. The SMILES string of the molecule is Cc1ccc(C2=NCC=CN2)c(C(=O)O)c1. The summed E-state index contributed by atoms with van der Waals surface area (Å²) in [7, 11) is 0.